The van der Waals surface area contributed by atoms with Gasteiger partial charge in [-0.2, -0.15) is 0 Å². The fourth-order valence-corrected chi connectivity index (χ4v) is 5.38. The lowest BCUT2D eigenvalue weighted by Crippen LogP contribution is -2.50. The van der Waals surface area contributed by atoms with Crippen molar-refractivity contribution in [3.05, 3.63) is 35.6 Å². The minimum absolute atomic E-state index is 0.145. The van der Waals surface area contributed by atoms with Crippen molar-refractivity contribution in [3.8, 4) is 0 Å². The van der Waals surface area contributed by atoms with Crippen LogP contribution in [0.15, 0.2) is 35.6 Å². The molecule has 4 rings (SSSR count). The van der Waals surface area contributed by atoms with Crippen LogP contribution in [-0.4, -0.2) is 53.5 Å². The van der Waals surface area contributed by atoms with Gasteiger partial charge in [-0.05, 0) is 32.6 Å². The highest BCUT2D eigenvalue weighted by Crippen LogP contribution is 2.59. The number of carbonyl (C=O) groups is 3. The quantitative estimate of drug-likeness (QED) is 0.416. The van der Waals surface area contributed by atoms with Crippen LogP contribution in [0.5, 0.6) is 0 Å². The second-order valence-corrected chi connectivity index (χ2v) is 8.42. The maximum atomic E-state index is 12.7. The van der Waals surface area contributed by atoms with E-state index in [-0.39, 0.29) is 24.0 Å². The third kappa shape index (κ3) is 2.88. The Labute approximate surface area is 174 Å². The van der Waals surface area contributed by atoms with Gasteiger partial charge >= 0.3 is 17.9 Å². The van der Waals surface area contributed by atoms with E-state index in [1.807, 2.05) is 0 Å². The Hall–Kier alpha value is -2.61. The number of aliphatic hydroxyl groups excluding tert-OH is 1. The molecule has 0 unspecified atom stereocenters. The fourth-order valence-electron chi connectivity index (χ4n) is 5.38. The molecule has 0 aromatic heterocycles. The molecule has 4 aliphatic rings. The summed E-state index contributed by atoms with van der Waals surface area (Å²) in [5.41, 5.74) is 0.315. The molecular weight excluding hydrogens is 392 g/mol. The number of esters is 3. The Balaban J connectivity index is 1.86. The molecule has 2 heterocycles. The molecule has 2 aliphatic carbocycles. The van der Waals surface area contributed by atoms with Gasteiger partial charge in [0.25, 0.3) is 0 Å². The van der Waals surface area contributed by atoms with E-state index in [0.717, 1.165) is 0 Å². The van der Waals surface area contributed by atoms with Crippen LogP contribution in [0.2, 0.25) is 0 Å². The largest absolute Gasteiger partial charge is 0.492 e. The SMILES string of the molecule is C=C1C(=O)O[C@@H]2[C@H]1[C@H](OC(=O)/C(C)=C\C)[C@@H](OC(C)=O)C1=CO[C@@]3(CO)CC[C@@H]1[C@@H]23. The van der Waals surface area contributed by atoms with Gasteiger partial charge in [0.2, 0.25) is 0 Å². The first kappa shape index (κ1) is 20.7. The molecule has 0 amide bonds. The molecule has 0 radical (unpaired) electrons. The molecule has 30 heavy (non-hydrogen) atoms. The summed E-state index contributed by atoms with van der Waals surface area (Å²) >= 11 is 0. The van der Waals surface area contributed by atoms with Gasteiger partial charge in [-0.15, -0.1) is 0 Å². The zero-order chi connectivity index (χ0) is 21.8. The number of ether oxygens (including phenoxy) is 4. The monoisotopic (exact) mass is 418 g/mol. The molecule has 0 aromatic carbocycles. The average molecular weight is 418 g/mol. The average Bonchev–Trinajstić information content (AvgIpc) is 3.13. The van der Waals surface area contributed by atoms with E-state index in [4.69, 9.17) is 18.9 Å². The Morgan fingerprint density at radius 3 is 2.73 bits per heavy atom. The van der Waals surface area contributed by atoms with Gasteiger partial charge in [0.1, 0.15) is 11.7 Å². The summed E-state index contributed by atoms with van der Waals surface area (Å²) in [4.78, 5) is 37.1. The number of aliphatic hydroxyl groups is 1. The molecule has 2 aliphatic heterocycles. The highest BCUT2D eigenvalue weighted by Gasteiger charge is 2.67. The van der Waals surface area contributed by atoms with Crippen LogP contribution in [0.25, 0.3) is 0 Å². The highest BCUT2D eigenvalue weighted by atomic mass is 16.6. The van der Waals surface area contributed by atoms with Gasteiger partial charge in [-0.3, -0.25) is 4.79 Å². The highest BCUT2D eigenvalue weighted by molar-refractivity contribution is 5.92. The summed E-state index contributed by atoms with van der Waals surface area (Å²) in [5, 5.41) is 10.2. The second-order valence-electron chi connectivity index (χ2n) is 8.42. The molecule has 1 saturated heterocycles. The van der Waals surface area contributed by atoms with Crippen LogP contribution in [0.3, 0.4) is 0 Å². The van der Waals surface area contributed by atoms with Crippen molar-refractivity contribution in [2.45, 2.75) is 57.5 Å². The van der Waals surface area contributed by atoms with Gasteiger partial charge in [0.15, 0.2) is 12.2 Å². The fraction of sp³-hybridized carbons (Fsp3) is 0.591. The molecule has 7 atom stereocenters. The van der Waals surface area contributed by atoms with E-state index in [1.54, 1.807) is 19.9 Å². The van der Waals surface area contributed by atoms with Crippen molar-refractivity contribution in [3.63, 3.8) is 0 Å². The molecular formula is C22H26O8. The number of allylic oxidation sites excluding steroid dienone is 1. The number of fused-ring (bicyclic) bond motifs is 1. The summed E-state index contributed by atoms with van der Waals surface area (Å²) < 4.78 is 23.1. The first-order valence-corrected chi connectivity index (χ1v) is 10.1. The minimum atomic E-state index is -1.00. The van der Waals surface area contributed by atoms with E-state index in [9.17, 15) is 19.5 Å². The van der Waals surface area contributed by atoms with Crippen molar-refractivity contribution < 1.29 is 38.4 Å². The van der Waals surface area contributed by atoms with E-state index in [1.165, 1.54) is 13.2 Å². The maximum Gasteiger partial charge on any atom is 0.334 e. The lowest BCUT2D eigenvalue weighted by molar-refractivity contribution is -0.166. The van der Waals surface area contributed by atoms with Gasteiger partial charge in [-0.1, -0.05) is 12.7 Å². The Morgan fingerprint density at radius 1 is 1.37 bits per heavy atom. The molecule has 8 heteroatoms. The molecule has 1 N–H and O–H groups in total. The zero-order valence-electron chi connectivity index (χ0n) is 17.3. The Kier molecular flexibility index (Phi) is 5.00. The second kappa shape index (κ2) is 7.27. The topological polar surface area (TPSA) is 108 Å². The van der Waals surface area contributed by atoms with Crippen LogP contribution in [0.1, 0.15) is 33.6 Å². The third-order valence-electron chi connectivity index (χ3n) is 6.93. The number of rotatable bonds is 4. The minimum Gasteiger partial charge on any atom is -0.492 e. The van der Waals surface area contributed by atoms with Gasteiger partial charge in [0, 0.05) is 29.6 Å². The van der Waals surface area contributed by atoms with Crippen LogP contribution in [-0.2, 0) is 33.3 Å². The first-order chi connectivity index (χ1) is 14.2. The summed E-state index contributed by atoms with van der Waals surface area (Å²) in [6, 6.07) is 0. The molecule has 4 bridgehead atoms. The first-order valence-electron chi connectivity index (χ1n) is 10.1. The molecule has 3 fully saturated rings. The van der Waals surface area contributed by atoms with Crippen molar-refractivity contribution in [1.29, 1.82) is 0 Å². The summed E-state index contributed by atoms with van der Waals surface area (Å²) in [6.45, 7) is 8.25. The molecule has 2 saturated carbocycles. The van der Waals surface area contributed by atoms with E-state index in [2.05, 4.69) is 6.58 Å². The lowest BCUT2D eigenvalue weighted by Gasteiger charge is -2.41. The lowest BCUT2D eigenvalue weighted by atomic mass is 9.75. The molecule has 162 valence electrons. The standard InChI is InChI=1S/C22H26O8/c1-5-10(2)20(25)30-19-15-11(3)21(26)29-18(15)16-13-6-7-22(16,9-23)27-8-14(13)17(19)28-12(4)24/h5,8,13,15-19,23H,3,6-7,9H2,1-2,4H3/b10-5-/t13-,15-,16-,17-,18+,19-,22+/m0/s1. The van der Waals surface area contributed by atoms with Crippen LogP contribution < -0.4 is 0 Å². The van der Waals surface area contributed by atoms with Crippen LogP contribution in [0, 0.1) is 17.8 Å². The van der Waals surface area contributed by atoms with Crippen molar-refractivity contribution in [2.24, 2.45) is 17.8 Å². The van der Waals surface area contributed by atoms with Gasteiger partial charge in [0.05, 0.1) is 18.8 Å². The summed E-state index contributed by atoms with van der Waals surface area (Å²) in [5.74, 6) is -2.94. The number of hydrogen-bond donors (Lipinski definition) is 1. The van der Waals surface area contributed by atoms with E-state index in [0.29, 0.717) is 24.0 Å². The third-order valence-corrected chi connectivity index (χ3v) is 6.93. The van der Waals surface area contributed by atoms with E-state index >= 15 is 0 Å². The Bertz CT molecular complexity index is 870. The predicted octanol–water partition coefficient (Wildman–Crippen LogP) is 1.58. The number of carbonyl (C=O) groups excluding carboxylic acids is 3. The zero-order valence-corrected chi connectivity index (χ0v) is 17.3. The molecule has 8 nitrogen and oxygen atoms in total. The van der Waals surface area contributed by atoms with Crippen molar-refractivity contribution in [2.75, 3.05) is 6.61 Å². The van der Waals surface area contributed by atoms with Crippen molar-refractivity contribution >= 4 is 17.9 Å². The summed E-state index contributed by atoms with van der Waals surface area (Å²) in [7, 11) is 0. The normalized spacial score (nSPS) is 39.3. The number of hydrogen-bond acceptors (Lipinski definition) is 8. The molecule has 0 spiro atoms. The van der Waals surface area contributed by atoms with Crippen LogP contribution in [0.4, 0.5) is 0 Å². The molecule has 0 aromatic rings. The predicted molar refractivity (Wildman–Crippen MR) is 103 cm³/mol. The smallest absolute Gasteiger partial charge is 0.334 e. The maximum absolute atomic E-state index is 12.7. The van der Waals surface area contributed by atoms with Gasteiger partial charge < -0.3 is 24.1 Å². The van der Waals surface area contributed by atoms with Gasteiger partial charge in [-0.25, -0.2) is 9.59 Å². The van der Waals surface area contributed by atoms with E-state index < -0.39 is 47.7 Å². The van der Waals surface area contributed by atoms with Crippen molar-refractivity contribution in [1.82, 2.24) is 0 Å². The van der Waals surface area contributed by atoms with Crippen LogP contribution >= 0.6 is 0 Å². The summed E-state index contributed by atoms with van der Waals surface area (Å²) in [6.07, 6.45) is 1.71. The Morgan fingerprint density at radius 2 is 2.10 bits per heavy atom.